The maximum Gasteiger partial charge on any atom is 0.166 e. The standard InChI is InChI=1S/C20H25Cl2NO3/c1-3-25-19-7-4-6-15(13-23-10-5-11-24-2)20(19)26-14-16-8-9-17(21)12-18(16)22/h4,6-9,12,23H,3,5,10-11,13-14H2,1-2H3. The van der Waals surface area contributed by atoms with Crippen LogP contribution in [0.1, 0.15) is 24.5 Å². The summed E-state index contributed by atoms with van der Waals surface area (Å²) >= 11 is 12.2. The van der Waals surface area contributed by atoms with Crippen LogP contribution in [-0.4, -0.2) is 26.9 Å². The zero-order valence-electron chi connectivity index (χ0n) is 15.2. The number of nitrogens with one attached hydrogen (secondary N) is 1. The lowest BCUT2D eigenvalue weighted by molar-refractivity contribution is 0.194. The minimum absolute atomic E-state index is 0.344. The van der Waals surface area contributed by atoms with E-state index in [-0.39, 0.29) is 0 Å². The van der Waals surface area contributed by atoms with Crippen LogP contribution in [0.4, 0.5) is 0 Å². The number of hydrogen-bond acceptors (Lipinski definition) is 4. The molecule has 0 bridgehead atoms. The fourth-order valence-corrected chi connectivity index (χ4v) is 2.95. The number of ether oxygens (including phenoxy) is 3. The first-order chi connectivity index (χ1) is 12.7. The maximum absolute atomic E-state index is 6.25. The molecule has 0 amide bonds. The fraction of sp³-hybridized carbons (Fsp3) is 0.400. The van der Waals surface area contributed by atoms with Gasteiger partial charge in [0.15, 0.2) is 11.5 Å². The minimum Gasteiger partial charge on any atom is -0.490 e. The second kappa shape index (κ2) is 11.3. The monoisotopic (exact) mass is 397 g/mol. The SMILES string of the molecule is CCOc1cccc(CNCCCOC)c1OCc1ccc(Cl)cc1Cl. The van der Waals surface area contributed by atoms with Crippen LogP contribution in [0.25, 0.3) is 0 Å². The predicted octanol–water partition coefficient (Wildman–Crippen LogP) is 5.10. The zero-order valence-corrected chi connectivity index (χ0v) is 16.7. The minimum atomic E-state index is 0.344. The molecule has 0 aliphatic carbocycles. The summed E-state index contributed by atoms with van der Waals surface area (Å²) in [5.41, 5.74) is 1.92. The van der Waals surface area contributed by atoms with Crippen LogP contribution in [-0.2, 0) is 17.9 Å². The summed E-state index contributed by atoms with van der Waals surface area (Å²) in [6, 6.07) is 11.3. The van der Waals surface area contributed by atoms with Gasteiger partial charge in [0, 0.05) is 41.4 Å². The lowest BCUT2D eigenvalue weighted by Gasteiger charge is -2.17. The Morgan fingerprint density at radius 1 is 1.04 bits per heavy atom. The van der Waals surface area contributed by atoms with E-state index in [9.17, 15) is 0 Å². The molecule has 0 radical (unpaired) electrons. The second-order valence-electron chi connectivity index (χ2n) is 5.72. The van der Waals surface area contributed by atoms with Gasteiger partial charge in [0.2, 0.25) is 0 Å². The molecule has 6 heteroatoms. The van der Waals surface area contributed by atoms with E-state index >= 15 is 0 Å². The van der Waals surface area contributed by atoms with Crippen molar-refractivity contribution < 1.29 is 14.2 Å². The Kier molecular flexibility index (Phi) is 9.06. The number of hydrogen-bond donors (Lipinski definition) is 1. The van der Waals surface area contributed by atoms with Gasteiger partial charge >= 0.3 is 0 Å². The molecule has 0 fully saturated rings. The largest absolute Gasteiger partial charge is 0.490 e. The van der Waals surface area contributed by atoms with Gasteiger partial charge in [-0.05, 0) is 38.1 Å². The van der Waals surface area contributed by atoms with Crippen LogP contribution in [0.3, 0.4) is 0 Å². The van der Waals surface area contributed by atoms with E-state index in [4.69, 9.17) is 37.4 Å². The average molecular weight is 398 g/mol. The van der Waals surface area contributed by atoms with Crippen LogP contribution in [0, 0.1) is 0 Å². The molecule has 0 saturated carbocycles. The normalized spacial score (nSPS) is 10.8. The maximum atomic E-state index is 6.25. The third-order valence-electron chi connectivity index (χ3n) is 3.76. The van der Waals surface area contributed by atoms with Gasteiger partial charge in [-0.2, -0.15) is 0 Å². The van der Waals surface area contributed by atoms with Crippen molar-refractivity contribution in [1.29, 1.82) is 0 Å². The first kappa shape index (κ1) is 20.8. The topological polar surface area (TPSA) is 39.7 Å². The number of halogens is 2. The van der Waals surface area contributed by atoms with Gasteiger partial charge in [0.25, 0.3) is 0 Å². The molecule has 2 aromatic rings. The van der Waals surface area contributed by atoms with Gasteiger partial charge in [-0.25, -0.2) is 0 Å². The van der Waals surface area contributed by atoms with Gasteiger partial charge in [0.05, 0.1) is 6.61 Å². The smallest absolute Gasteiger partial charge is 0.166 e. The fourth-order valence-electron chi connectivity index (χ4n) is 2.49. The molecule has 2 aromatic carbocycles. The van der Waals surface area contributed by atoms with Crippen LogP contribution in [0.2, 0.25) is 10.0 Å². The lowest BCUT2D eigenvalue weighted by Crippen LogP contribution is -2.17. The van der Waals surface area contributed by atoms with E-state index in [0.29, 0.717) is 29.8 Å². The van der Waals surface area contributed by atoms with E-state index in [1.165, 1.54) is 0 Å². The summed E-state index contributed by atoms with van der Waals surface area (Å²) in [6.45, 7) is 5.17. The van der Waals surface area contributed by atoms with Gasteiger partial charge in [0.1, 0.15) is 6.61 Å². The van der Waals surface area contributed by atoms with Crippen molar-refractivity contribution in [3.05, 3.63) is 57.6 Å². The summed E-state index contributed by atoms with van der Waals surface area (Å²) < 4.78 is 16.9. The molecule has 0 unspecified atom stereocenters. The van der Waals surface area contributed by atoms with Crippen molar-refractivity contribution in [2.45, 2.75) is 26.5 Å². The number of benzene rings is 2. The highest BCUT2D eigenvalue weighted by atomic mass is 35.5. The first-order valence-electron chi connectivity index (χ1n) is 8.66. The lowest BCUT2D eigenvalue weighted by atomic mass is 10.1. The van der Waals surface area contributed by atoms with Gasteiger partial charge < -0.3 is 19.5 Å². The molecular weight excluding hydrogens is 373 g/mol. The number of para-hydroxylation sites is 1. The number of rotatable bonds is 11. The molecule has 0 heterocycles. The second-order valence-corrected chi connectivity index (χ2v) is 6.57. The molecule has 2 rings (SSSR count). The Morgan fingerprint density at radius 2 is 1.88 bits per heavy atom. The molecule has 1 N–H and O–H groups in total. The molecular formula is C20H25Cl2NO3. The molecule has 0 aromatic heterocycles. The van der Waals surface area contributed by atoms with E-state index in [2.05, 4.69) is 5.32 Å². The summed E-state index contributed by atoms with van der Waals surface area (Å²) in [5, 5.41) is 4.60. The van der Waals surface area contributed by atoms with Gasteiger partial charge in [-0.1, -0.05) is 41.4 Å². The van der Waals surface area contributed by atoms with Crippen molar-refractivity contribution in [3.8, 4) is 11.5 Å². The Bertz CT molecular complexity index is 695. The highest BCUT2D eigenvalue weighted by Gasteiger charge is 2.12. The molecule has 0 saturated heterocycles. The van der Waals surface area contributed by atoms with Crippen LogP contribution >= 0.6 is 23.2 Å². The summed E-state index contributed by atoms with van der Waals surface area (Å²) in [7, 11) is 1.71. The van der Waals surface area contributed by atoms with E-state index in [1.807, 2.05) is 31.2 Å². The predicted molar refractivity (Wildman–Crippen MR) is 107 cm³/mol. The third kappa shape index (κ3) is 6.36. The molecule has 0 aliphatic rings. The Labute approximate surface area is 165 Å². The van der Waals surface area contributed by atoms with E-state index in [0.717, 1.165) is 42.2 Å². The Hall–Kier alpha value is -1.46. The number of methoxy groups -OCH3 is 1. The van der Waals surface area contributed by atoms with Crippen LogP contribution in [0.5, 0.6) is 11.5 Å². The molecule has 0 spiro atoms. The van der Waals surface area contributed by atoms with E-state index < -0.39 is 0 Å². The molecule has 142 valence electrons. The first-order valence-corrected chi connectivity index (χ1v) is 9.42. The van der Waals surface area contributed by atoms with Crippen molar-refractivity contribution in [3.63, 3.8) is 0 Å². The molecule has 0 atom stereocenters. The van der Waals surface area contributed by atoms with Crippen molar-refractivity contribution in [2.75, 3.05) is 26.9 Å². The van der Waals surface area contributed by atoms with E-state index in [1.54, 1.807) is 19.2 Å². The van der Waals surface area contributed by atoms with Gasteiger partial charge in [-0.15, -0.1) is 0 Å². The summed E-state index contributed by atoms with van der Waals surface area (Å²) in [6.07, 6.45) is 0.957. The molecule has 26 heavy (non-hydrogen) atoms. The Morgan fingerprint density at radius 3 is 2.62 bits per heavy atom. The quantitative estimate of drug-likeness (QED) is 0.535. The summed E-state index contributed by atoms with van der Waals surface area (Å²) in [4.78, 5) is 0. The van der Waals surface area contributed by atoms with Crippen LogP contribution < -0.4 is 14.8 Å². The van der Waals surface area contributed by atoms with Crippen molar-refractivity contribution in [1.82, 2.24) is 5.32 Å². The highest BCUT2D eigenvalue weighted by molar-refractivity contribution is 6.35. The third-order valence-corrected chi connectivity index (χ3v) is 4.35. The van der Waals surface area contributed by atoms with Crippen molar-refractivity contribution >= 4 is 23.2 Å². The Balaban J connectivity index is 2.09. The average Bonchev–Trinajstić information content (AvgIpc) is 2.62. The zero-order chi connectivity index (χ0) is 18.8. The van der Waals surface area contributed by atoms with Crippen LogP contribution in [0.15, 0.2) is 36.4 Å². The molecule has 4 nitrogen and oxygen atoms in total. The van der Waals surface area contributed by atoms with Crippen molar-refractivity contribution in [2.24, 2.45) is 0 Å². The highest BCUT2D eigenvalue weighted by Crippen LogP contribution is 2.33. The summed E-state index contributed by atoms with van der Waals surface area (Å²) in [5.74, 6) is 1.47. The molecule has 0 aliphatic heterocycles. The van der Waals surface area contributed by atoms with Gasteiger partial charge in [-0.3, -0.25) is 0 Å².